The van der Waals surface area contributed by atoms with E-state index in [1.54, 1.807) is 6.92 Å². The Bertz CT molecular complexity index is 704. The summed E-state index contributed by atoms with van der Waals surface area (Å²) >= 11 is 0. The molecule has 3 unspecified atom stereocenters. The lowest BCUT2D eigenvalue weighted by Crippen LogP contribution is -2.45. The van der Waals surface area contributed by atoms with Gasteiger partial charge in [0.15, 0.2) is 0 Å². The molecular weight excluding hydrogens is 344 g/mol. The number of rotatable bonds is 6. The zero-order valence-corrected chi connectivity index (χ0v) is 17.0. The first-order valence-corrected chi connectivity index (χ1v) is 9.42. The summed E-state index contributed by atoms with van der Waals surface area (Å²) in [6.07, 6.45) is 0.663. The van der Waals surface area contributed by atoms with E-state index < -0.39 is 18.0 Å². The molecule has 1 heterocycles. The fourth-order valence-corrected chi connectivity index (χ4v) is 2.72. The van der Waals surface area contributed by atoms with Crippen LogP contribution in [0.1, 0.15) is 59.6 Å². The number of hydrogen-bond acceptors (Lipinski definition) is 4. The Morgan fingerprint density at radius 3 is 2.44 bits per heavy atom. The first-order chi connectivity index (χ1) is 12.6. The van der Waals surface area contributed by atoms with E-state index >= 15 is 0 Å². The molecule has 0 saturated carbocycles. The Balaban J connectivity index is 2.25. The Kier molecular flexibility index (Phi) is 6.63. The first kappa shape index (κ1) is 20.9. The molecule has 1 N–H and O–H groups in total. The Morgan fingerprint density at radius 2 is 1.89 bits per heavy atom. The number of urea groups is 1. The van der Waals surface area contributed by atoms with E-state index in [0.29, 0.717) is 12.3 Å². The highest BCUT2D eigenvalue weighted by Crippen LogP contribution is 2.31. The highest BCUT2D eigenvalue weighted by atomic mass is 16.5. The van der Waals surface area contributed by atoms with Crippen LogP contribution in [0.25, 0.3) is 0 Å². The van der Waals surface area contributed by atoms with E-state index in [1.165, 1.54) is 0 Å². The van der Waals surface area contributed by atoms with Crippen molar-refractivity contribution in [1.29, 1.82) is 0 Å². The van der Waals surface area contributed by atoms with Gasteiger partial charge in [-0.25, -0.2) is 9.79 Å². The molecule has 0 aliphatic carbocycles. The van der Waals surface area contributed by atoms with Crippen LogP contribution in [0.3, 0.4) is 0 Å². The number of nitrogens with one attached hydrogen (secondary N) is 1. The third-order valence-electron chi connectivity index (χ3n) is 4.82. The fraction of sp³-hybridized carbons (Fsp3) is 0.571. The van der Waals surface area contributed by atoms with Crippen molar-refractivity contribution in [2.75, 3.05) is 6.61 Å². The van der Waals surface area contributed by atoms with Crippen LogP contribution >= 0.6 is 0 Å². The predicted octanol–water partition coefficient (Wildman–Crippen LogP) is 4.29. The number of nitrogens with zero attached hydrogens (tertiary/aromatic N) is 1. The van der Waals surface area contributed by atoms with Crippen LogP contribution in [0.4, 0.5) is 4.79 Å². The molecule has 2 rings (SSSR count). The number of ether oxygens (including phenoxy) is 2. The lowest BCUT2D eigenvalue weighted by atomic mass is 9.87. The van der Waals surface area contributed by atoms with Gasteiger partial charge in [-0.15, -0.1) is 0 Å². The van der Waals surface area contributed by atoms with Gasteiger partial charge in [0.2, 0.25) is 0 Å². The van der Waals surface area contributed by atoms with Crippen molar-refractivity contribution >= 4 is 17.7 Å². The lowest BCUT2D eigenvalue weighted by molar-refractivity contribution is -0.156. The maximum Gasteiger partial charge on any atom is 0.341 e. The Hall–Kier alpha value is -2.37. The monoisotopic (exact) mass is 374 g/mol. The van der Waals surface area contributed by atoms with Gasteiger partial charge in [-0.05, 0) is 43.4 Å². The summed E-state index contributed by atoms with van der Waals surface area (Å²) in [4.78, 5) is 28.8. The first-order valence-electron chi connectivity index (χ1n) is 9.42. The van der Waals surface area contributed by atoms with Crippen LogP contribution < -0.4 is 10.1 Å². The number of hydrogen-bond donors (Lipinski definition) is 1. The van der Waals surface area contributed by atoms with Crippen LogP contribution in [0.5, 0.6) is 5.75 Å². The minimum atomic E-state index is -0.657. The average molecular weight is 374 g/mol. The van der Waals surface area contributed by atoms with E-state index in [1.807, 2.05) is 58.9 Å². The molecule has 0 spiro atoms. The van der Waals surface area contributed by atoms with Crippen molar-refractivity contribution in [2.45, 2.75) is 60.1 Å². The summed E-state index contributed by atoms with van der Waals surface area (Å²) in [7, 11) is 0. The standard InChI is InChI=1S/C21H30N2O4/c1-7-12-26-16-10-8-15(9-11-16)18-17(13(2)22-20(25)23-18)19(24)27-14(3)21(4,5)6/h8-11,14,17-18H,7,12H2,1-6H3,(H,23,25). The van der Waals surface area contributed by atoms with Gasteiger partial charge in [0, 0.05) is 5.71 Å². The van der Waals surface area contributed by atoms with E-state index in [-0.39, 0.29) is 17.5 Å². The van der Waals surface area contributed by atoms with Crippen molar-refractivity contribution < 1.29 is 19.1 Å². The molecule has 1 aliphatic rings. The summed E-state index contributed by atoms with van der Waals surface area (Å²) in [6, 6.07) is 6.45. The van der Waals surface area contributed by atoms with E-state index in [0.717, 1.165) is 17.7 Å². The molecule has 1 aromatic carbocycles. The molecule has 6 nitrogen and oxygen atoms in total. The molecule has 0 bridgehead atoms. The fourth-order valence-electron chi connectivity index (χ4n) is 2.72. The summed E-state index contributed by atoms with van der Waals surface area (Å²) in [5.41, 5.74) is 1.10. The number of aliphatic imine (C=N–C) groups is 1. The predicted molar refractivity (Wildman–Crippen MR) is 105 cm³/mol. The van der Waals surface area contributed by atoms with Crippen LogP contribution in [-0.4, -0.2) is 30.4 Å². The van der Waals surface area contributed by atoms with Gasteiger partial charge < -0.3 is 14.8 Å². The van der Waals surface area contributed by atoms with Gasteiger partial charge in [0.1, 0.15) is 17.8 Å². The molecule has 2 amide bonds. The van der Waals surface area contributed by atoms with Crippen molar-refractivity contribution in [3.05, 3.63) is 29.8 Å². The van der Waals surface area contributed by atoms with Crippen LogP contribution in [-0.2, 0) is 9.53 Å². The highest BCUT2D eigenvalue weighted by molar-refractivity contribution is 6.08. The van der Waals surface area contributed by atoms with Crippen LogP contribution in [0.2, 0.25) is 0 Å². The molecular formula is C21H30N2O4. The van der Waals surface area contributed by atoms with Crippen molar-refractivity contribution in [3.8, 4) is 5.75 Å². The Morgan fingerprint density at radius 1 is 1.26 bits per heavy atom. The topological polar surface area (TPSA) is 77.0 Å². The molecule has 148 valence electrons. The lowest BCUT2D eigenvalue weighted by Gasteiger charge is -2.33. The van der Waals surface area contributed by atoms with Gasteiger partial charge in [-0.1, -0.05) is 39.8 Å². The summed E-state index contributed by atoms with van der Waals surface area (Å²) < 4.78 is 11.3. The summed E-state index contributed by atoms with van der Waals surface area (Å²) in [6.45, 7) is 12.3. The largest absolute Gasteiger partial charge is 0.494 e. The van der Waals surface area contributed by atoms with Crippen molar-refractivity contribution in [1.82, 2.24) is 5.32 Å². The molecule has 0 fully saturated rings. The number of benzene rings is 1. The summed E-state index contributed by atoms with van der Waals surface area (Å²) in [5, 5.41) is 2.80. The third-order valence-corrected chi connectivity index (χ3v) is 4.82. The second-order valence-electron chi connectivity index (χ2n) is 8.02. The maximum atomic E-state index is 12.9. The SMILES string of the molecule is CCCOc1ccc(C2NC(=O)N=C(C)C2C(=O)OC(C)C(C)(C)C)cc1. The molecule has 1 aliphatic heterocycles. The highest BCUT2D eigenvalue weighted by Gasteiger charge is 2.39. The number of esters is 1. The third kappa shape index (κ3) is 5.31. The molecule has 0 aromatic heterocycles. The second-order valence-corrected chi connectivity index (χ2v) is 8.02. The Labute approximate surface area is 161 Å². The van der Waals surface area contributed by atoms with Gasteiger partial charge >= 0.3 is 12.0 Å². The number of carbonyl (C=O) groups is 2. The number of carbonyl (C=O) groups excluding carboxylic acids is 2. The van der Waals surface area contributed by atoms with Gasteiger partial charge in [0.05, 0.1) is 12.6 Å². The number of amides is 2. The van der Waals surface area contributed by atoms with Gasteiger partial charge in [0.25, 0.3) is 0 Å². The molecule has 0 saturated heterocycles. The molecule has 0 radical (unpaired) electrons. The molecule has 27 heavy (non-hydrogen) atoms. The summed E-state index contributed by atoms with van der Waals surface area (Å²) in [5.74, 6) is -0.279. The van der Waals surface area contributed by atoms with E-state index in [9.17, 15) is 9.59 Å². The maximum absolute atomic E-state index is 12.9. The van der Waals surface area contributed by atoms with E-state index in [4.69, 9.17) is 9.47 Å². The zero-order valence-electron chi connectivity index (χ0n) is 17.0. The molecule has 1 aromatic rings. The molecule has 6 heteroatoms. The smallest absolute Gasteiger partial charge is 0.341 e. The van der Waals surface area contributed by atoms with Crippen molar-refractivity contribution in [2.24, 2.45) is 16.3 Å². The normalized spacial score (nSPS) is 21.1. The molecule has 3 atom stereocenters. The average Bonchev–Trinajstić information content (AvgIpc) is 2.58. The second kappa shape index (κ2) is 8.55. The van der Waals surface area contributed by atoms with Crippen LogP contribution in [0, 0.1) is 11.3 Å². The minimum Gasteiger partial charge on any atom is -0.494 e. The van der Waals surface area contributed by atoms with Gasteiger partial charge in [-0.2, -0.15) is 0 Å². The van der Waals surface area contributed by atoms with Gasteiger partial charge in [-0.3, -0.25) is 4.79 Å². The zero-order chi connectivity index (χ0) is 20.2. The van der Waals surface area contributed by atoms with Crippen LogP contribution in [0.15, 0.2) is 29.3 Å². The van der Waals surface area contributed by atoms with Crippen molar-refractivity contribution in [3.63, 3.8) is 0 Å². The quantitative estimate of drug-likeness (QED) is 0.753. The minimum absolute atomic E-state index is 0.174. The van der Waals surface area contributed by atoms with E-state index in [2.05, 4.69) is 10.3 Å².